The first-order valence-corrected chi connectivity index (χ1v) is 5.09. The average Bonchev–Trinajstić information content (AvgIpc) is 2.37. The van der Waals surface area contributed by atoms with Crippen molar-refractivity contribution in [2.45, 2.75) is 6.54 Å². The van der Waals surface area contributed by atoms with E-state index in [0.29, 0.717) is 6.54 Å². The summed E-state index contributed by atoms with van der Waals surface area (Å²) in [5.74, 6) is 0. The number of thiophene rings is 1. The molecule has 0 atom stereocenters. The van der Waals surface area contributed by atoms with Gasteiger partial charge in [-0.1, -0.05) is 0 Å². The molecule has 0 spiro atoms. The van der Waals surface area contributed by atoms with Gasteiger partial charge in [0.2, 0.25) is 0 Å². The van der Waals surface area contributed by atoms with Gasteiger partial charge < -0.3 is 11.1 Å². The number of nitrogens with one attached hydrogen (secondary N) is 1. The molecule has 0 radical (unpaired) electrons. The van der Waals surface area contributed by atoms with Crippen LogP contribution in [0.5, 0.6) is 0 Å². The molecule has 62 valence electrons. The van der Waals surface area contributed by atoms with E-state index >= 15 is 0 Å². The van der Waals surface area contributed by atoms with Crippen molar-refractivity contribution in [1.29, 1.82) is 0 Å². The highest BCUT2D eigenvalue weighted by Gasteiger charge is 1.95. The molecule has 0 saturated carbocycles. The topological polar surface area (TPSA) is 38.0 Å². The molecule has 0 amide bonds. The molecule has 0 fully saturated rings. The van der Waals surface area contributed by atoms with Crippen LogP contribution >= 0.6 is 27.3 Å². The summed E-state index contributed by atoms with van der Waals surface area (Å²) in [5.41, 5.74) is 5.33. The third kappa shape index (κ3) is 3.33. The normalized spacial score (nSPS) is 10.4. The highest BCUT2D eigenvalue weighted by Crippen LogP contribution is 2.21. The molecule has 1 aromatic rings. The van der Waals surface area contributed by atoms with Crippen molar-refractivity contribution in [3.05, 3.63) is 20.8 Å². The monoisotopic (exact) mass is 234 g/mol. The molecule has 0 aromatic carbocycles. The zero-order chi connectivity index (χ0) is 8.10. The van der Waals surface area contributed by atoms with Gasteiger partial charge in [-0.15, -0.1) is 11.3 Å². The predicted molar refractivity (Wildman–Crippen MR) is 52.8 cm³/mol. The first kappa shape index (κ1) is 9.19. The minimum absolute atomic E-state index is 0.701. The lowest BCUT2D eigenvalue weighted by Gasteiger charge is -1.98. The molecule has 2 nitrogen and oxygen atoms in total. The summed E-state index contributed by atoms with van der Waals surface area (Å²) in [7, 11) is 0. The Hall–Kier alpha value is 0.1000. The van der Waals surface area contributed by atoms with Crippen LogP contribution < -0.4 is 11.1 Å². The second-order valence-corrected chi connectivity index (χ2v) is 4.72. The van der Waals surface area contributed by atoms with Crippen LogP contribution in [-0.4, -0.2) is 13.1 Å². The summed E-state index contributed by atoms with van der Waals surface area (Å²) in [6.45, 7) is 2.51. The molecular weight excluding hydrogens is 224 g/mol. The maximum absolute atomic E-state index is 5.33. The maximum Gasteiger partial charge on any atom is 0.0701 e. The van der Waals surface area contributed by atoms with E-state index in [-0.39, 0.29) is 0 Å². The van der Waals surface area contributed by atoms with Crippen molar-refractivity contribution in [3.8, 4) is 0 Å². The van der Waals surface area contributed by atoms with Crippen molar-refractivity contribution in [1.82, 2.24) is 5.32 Å². The fraction of sp³-hybridized carbons (Fsp3) is 0.429. The second kappa shape index (κ2) is 4.87. The van der Waals surface area contributed by atoms with Gasteiger partial charge in [0.25, 0.3) is 0 Å². The first-order chi connectivity index (χ1) is 5.33. The lowest BCUT2D eigenvalue weighted by Crippen LogP contribution is -2.21. The molecule has 4 heteroatoms. The van der Waals surface area contributed by atoms with Gasteiger partial charge in [-0.3, -0.25) is 0 Å². The van der Waals surface area contributed by atoms with Gasteiger partial charge in [-0.25, -0.2) is 0 Å². The van der Waals surface area contributed by atoms with E-state index in [1.165, 1.54) is 8.66 Å². The molecule has 0 bridgehead atoms. The summed E-state index contributed by atoms with van der Waals surface area (Å²) < 4.78 is 1.18. The molecule has 0 aliphatic heterocycles. The second-order valence-electron chi connectivity index (χ2n) is 2.17. The van der Waals surface area contributed by atoms with E-state index in [1.807, 2.05) is 0 Å². The summed E-state index contributed by atoms with van der Waals surface area (Å²) in [4.78, 5) is 1.34. The van der Waals surface area contributed by atoms with E-state index < -0.39 is 0 Å². The van der Waals surface area contributed by atoms with Crippen LogP contribution in [0.1, 0.15) is 4.88 Å². The van der Waals surface area contributed by atoms with Gasteiger partial charge in [-0.05, 0) is 28.1 Å². The van der Waals surface area contributed by atoms with Crippen LogP contribution in [-0.2, 0) is 6.54 Å². The number of hydrogen-bond acceptors (Lipinski definition) is 3. The Bertz CT molecular complexity index is 212. The van der Waals surface area contributed by atoms with Crippen molar-refractivity contribution in [2.24, 2.45) is 5.73 Å². The van der Waals surface area contributed by atoms with E-state index in [0.717, 1.165) is 13.1 Å². The summed E-state index contributed by atoms with van der Waals surface area (Å²) >= 11 is 5.16. The van der Waals surface area contributed by atoms with Gasteiger partial charge in [0.15, 0.2) is 0 Å². The van der Waals surface area contributed by atoms with Crippen LogP contribution in [0.4, 0.5) is 0 Å². The van der Waals surface area contributed by atoms with E-state index in [4.69, 9.17) is 5.73 Å². The van der Waals surface area contributed by atoms with Gasteiger partial charge in [0.05, 0.1) is 3.79 Å². The highest BCUT2D eigenvalue weighted by atomic mass is 79.9. The molecule has 0 unspecified atom stereocenters. The Kier molecular flexibility index (Phi) is 4.07. The molecule has 0 aliphatic rings. The molecule has 1 rings (SSSR count). The Morgan fingerprint density at radius 3 is 2.91 bits per heavy atom. The summed E-state index contributed by atoms with van der Waals surface area (Å²) in [6.07, 6.45) is 0. The third-order valence-corrected chi connectivity index (χ3v) is 2.87. The largest absolute Gasteiger partial charge is 0.329 e. The van der Waals surface area contributed by atoms with Gasteiger partial charge >= 0.3 is 0 Å². The molecule has 11 heavy (non-hydrogen) atoms. The van der Waals surface area contributed by atoms with E-state index in [9.17, 15) is 0 Å². The van der Waals surface area contributed by atoms with Crippen LogP contribution in [0.15, 0.2) is 15.9 Å². The molecule has 3 N–H and O–H groups in total. The van der Waals surface area contributed by atoms with E-state index in [1.54, 1.807) is 11.3 Å². The Morgan fingerprint density at radius 1 is 1.55 bits per heavy atom. The Labute approximate surface area is 78.9 Å². The quantitative estimate of drug-likeness (QED) is 0.777. The zero-order valence-corrected chi connectivity index (χ0v) is 8.54. The molecule has 0 saturated heterocycles. The number of rotatable bonds is 4. The third-order valence-electron chi connectivity index (χ3n) is 1.25. The zero-order valence-electron chi connectivity index (χ0n) is 6.14. The number of hydrogen-bond donors (Lipinski definition) is 2. The standard InChI is InChI=1S/C7H11BrN2S/c8-7-2-1-6(11-7)5-10-4-3-9/h1-2,10H,3-5,9H2. The smallest absolute Gasteiger partial charge is 0.0701 e. The molecule has 0 aliphatic carbocycles. The van der Waals surface area contributed by atoms with Gasteiger partial charge in [-0.2, -0.15) is 0 Å². The molecule has 1 aromatic heterocycles. The van der Waals surface area contributed by atoms with Crippen molar-refractivity contribution < 1.29 is 0 Å². The molecule has 1 heterocycles. The highest BCUT2D eigenvalue weighted by molar-refractivity contribution is 9.11. The summed E-state index contributed by atoms with van der Waals surface area (Å²) in [6, 6.07) is 4.17. The van der Waals surface area contributed by atoms with Gasteiger partial charge in [0.1, 0.15) is 0 Å². The maximum atomic E-state index is 5.33. The fourth-order valence-corrected chi connectivity index (χ4v) is 2.21. The van der Waals surface area contributed by atoms with Crippen molar-refractivity contribution in [2.75, 3.05) is 13.1 Å². The molecular formula is C7H11BrN2S. The number of halogens is 1. The fourth-order valence-electron chi connectivity index (χ4n) is 0.760. The SMILES string of the molecule is NCCNCc1ccc(Br)s1. The number of nitrogens with two attached hydrogens (primary N) is 1. The Balaban J connectivity index is 2.27. The van der Waals surface area contributed by atoms with Crippen LogP contribution in [0.3, 0.4) is 0 Å². The van der Waals surface area contributed by atoms with Gasteiger partial charge in [0, 0.05) is 24.5 Å². The van der Waals surface area contributed by atoms with Crippen molar-refractivity contribution >= 4 is 27.3 Å². The Morgan fingerprint density at radius 2 is 2.36 bits per heavy atom. The predicted octanol–water partition coefficient (Wildman–Crippen LogP) is 1.56. The lowest BCUT2D eigenvalue weighted by atomic mass is 10.4. The van der Waals surface area contributed by atoms with Crippen molar-refractivity contribution in [3.63, 3.8) is 0 Å². The van der Waals surface area contributed by atoms with E-state index in [2.05, 4.69) is 33.4 Å². The minimum Gasteiger partial charge on any atom is -0.329 e. The first-order valence-electron chi connectivity index (χ1n) is 3.48. The average molecular weight is 235 g/mol. The minimum atomic E-state index is 0.701. The van der Waals surface area contributed by atoms with Crippen LogP contribution in [0.2, 0.25) is 0 Å². The lowest BCUT2D eigenvalue weighted by molar-refractivity contribution is 0.702. The van der Waals surface area contributed by atoms with Crippen LogP contribution in [0.25, 0.3) is 0 Å². The van der Waals surface area contributed by atoms with Crippen LogP contribution in [0, 0.1) is 0 Å². The summed E-state index contributed by atoms with van der Waals surface area (Å²) in [5, 5.41) is 3.23.